The van der Waals surface area contributed by atoms with Crippen LogP contribution in [0.25, 0.3) is 0 Å². The van der Waals surface area contributed by atoms with E-state index in [0.717, 1.165) is 24.9 Å². The Hall–Kier alpha value is -1.15. The van der Waals surface area contributed by atoms with Crippen molar-refractivity contribution in [3.05, 3.63) is 35.4 Å². The Bertz CT molecular complexity index is 354. The van der Waals surface area contributed by atoms with Gasteiger partial charge < -0.3 is 4.90 Å². The normalized spacial score (nSPS) is 12.8. The van der Waals surface area contributed by atoms with Crippen molar-refractivity contribution < 1.29 is 4.79 Å². The molecule has 1 rings (SSSR count). The van der Waals surface area contributed by atoms with E-state index >= 15 is 0 Å². The summed E-state index contributed by atoms with van der Waals surface area (Å²) in [5.74, 6) is 0.376. The van der Waals surface area contributed by atoms with Crippen LogP contribution in [0, 0.1) is 5.92 Å². The monoisotopic (exact) mass is 233 g/mol. The first-order valence-electron chi connectivity index (χ1n) is 6.36. The van der Waals surface area contributed by atoms with Crippen LogP contribution < -0.4 is 0 Å². The molecule has 1 atom stereocenters. The lowest BCUT2D eigenvalue weighted by molar-refractivity contribution is 0.0894. The molecule has 1 aromatic rings. The van der Waals surface area contributed by atoms with Crippen molar-refractivity contribution >= 4 is 5.78 Å². The molecule has 0 heterocycles. The number of ketones is 1. The van der Waals surface area contributed by atoms with E-state index in [1.165, 1.54) is 5.56 Å². The molecule has 0 N–H and O–H groups in total. The quantitative estimate of drug-likeness (QED) is 0.704. The Kier molecular flexibility index (Phi) is 5.36. The van der Waals surface area contributed by atoms with Crippen LogP contribution in [0.3, 0.4) is 0 Å². The summed E-state index contributed by atoms with van der Waals surface area (Å²) >= 11 is 0. The van der Waals surface area contributed by atoms with Gasteiger partial charge in [-0.2, -0.15) is 0 Å². The molecule has 0 aromatic heterocycles. The van der Waals surface area contributed by atoms with Crippen LogP contribution in [0.15, 0.2) is 24.3 Å². The molecule has 1 unspecified atom stereocenters. The van der Waals surface area contributed by atoms with E-state index in [4.69, 9.17) is 0 Å². The fourth-order valence-electron chi connectivity index (χ4n) is 1.98. The summed E-state index contributed by atoms with van der Waals surface area (Å²) < 4.78 is 0. The van der Waals surface area contributed by atoms with Crippen molar-refractivity contribution in [2.45, 2.75) is 26.7 Å². The number of carbonyl (C=O) groups is 1. The number of Topliss-reactive ketones (excluding diaryl/α,β-unsaturated/α-hetero) is 1. The van der Waals surface area contributed by atoms with Gasteiger partial charge in [0.1, 0.15) is 0 Å². The lowest BCUT2D eigenvalue weighted by Crippen LogP contribution is -2.27. The first-order chi connectivity index (χ1) is 8.08. The molecule has 0 spiro atoms. The summed E-state index contributed by atoms with van der Waals surface area (Å²) in [6.07, 6.45) is 1.91. The van der Waals surface area contributed by atoms with Gasteiger partial charge in [0.05, 0.1) is 0 Å². The highest BCUT2D eigenvalue weighted by molar-refractivity contribution is 5.98. The molecule has 0 saturated carbocycles. The summed E-state index contributed by atoms with van der Waals surface area (Å²) in [5, 5.41) is 0. The van der Waals surface area contributed by atoms with Gasteiger partial charge in [-0.1, -0.05) is 38.1 Å². The molecular weight excluding hydrogens is 210 g/mol. The maximum Gasteiger partial charge on any atom is 0.167 e. The van der Waals surface area contributed by atoms with E-state index < -0.39 is 0 Å². The maximum atomic E-state index is 12.3. The number of benzene rings is 1. The van der Waals surface area contributed by atoms with Gasteiger partial charge in [0.2, 0.25) is 0 Å². The number of carbonyl (C=O) groups excluding carboxylic acids is 1. The number of hydrogen-bond donors (Lipinski definition) is 0. The zero-order chi connectivity index (χ0) is 12.8. The van der Waals surface area contributed by atoms with Gasteiger partial charge >= 0.3 is 0 Å². The largest absolute Gasteiger partial charge is 0.309 e. The second kappa shape index (κ2) is 6.55. The minimum atomic E-state index is 0.109. The minimum Gasteiger partial charge on any atom is -0.309 e. The molecule has 0 bridgehead atoms. The van der Waals surface area contributed by atoms with E-state index in [2.05, 4.69) is 30.9 Å². The molecule has 2 nitrogen and oxygen atoms in total. The van der Waals surface area contributed by atoms with Crippen LogP contribution in [0.4, 0.5) is 0 Å². The minimum absolute atomic E-state index is 0.109. The molecule has 0 aliphatic carbocycles. The van der Waals surface area contributed by atoms with Gasteiger partial charge in [0, 0.05) is 18.0 Å². The van der Waals surface area contributed by atoms with Gasteiger partial charge in [-0.15, -0.1) is 0 Å². The Labute approximate surface area is 105 Å². The van der Waals surface area contributed by atoms with Crippen LogP contribution in [-0.2, 0) is 6.42 Å². The summed E-state index contributed by atoms with van der Waals surface area (Å²) in [7, 11) is 4.02. The first-order valence-corrected chi connectivity index (χ1v) is 6.36. The number of hydrogen-bond acceptors (Lipinski definition) is 2. The highest BCUT2D eigenvalue weighted by Crippen LogP contribution is 2.14. The second-order valence-electron chi connectivity index (χ2n) is 4.78. The fourth-order valence-corrected chi connectivity index (χ4v) is 1.98. The second-order valence-corrected chi connectivity index (χ2v) is 4.78. The van der Waals surface area contributed by atoms with Crippen molar-refractivity contribution in [2.24, 2.45) is 5.92 Å². The summed E-state index contributed by atoms with van der Waals surface area (Å²) in [6, 6.07) is 8.02. The van der Waals surface area contributed by atoms with Crippen molar-refractivity contribution in [3.8, 4) is 0 Å². The van der Waals surface area contributed by atoms with Crippen LogP contribution in [0.5, 0.6) is 0 Å². The van der Waals surface area contributed by atoms with Gasteiger partial charge in [-0.25, -0.2) is 0 Å². The van der Waals surface area contributed by atoms with Crippen molar-refractivity contribution in [2.75, 3.05) is 20.6 Å². The topological polar surface area (TPSA) is 20.3 Å². The summed E-state index contributed by atoms with van der Waals surface area (Å²) in [5.41, 5.74) is 2.12. The van der Waals surface area contributed by atoms with E-state index in [9.17, 15) is 4.79 Å². The van der Waals surface area contributed by atoms with Crippen LogP contribution in [-0.4, -0.2) is 31.3 Å². The molecule has 17 heavy (non-hydrogen) atoms. The SMILES string of the molecule is CCc1ccc(C(=O)C(CC)CN(C)C)cc1. The number of nitrogens with zero attached hydrogens (tertiary/aromatic N) is 1. The van der Waals surface area contributed by atoms with Gasteiger partial charge in [-0.3, -0.25) is 4.79 Å². The van der Waals surface area contributed by atoms with Crippen LogP contribution in [0.1, 0.15) is 36.2 Å². The molecular formula is C15H23NO. The molecule has 0 radical (unpaired) electrons. The van der Waals surface area contributed by atoms with Crippen LogP contribution in [0.2, 0.25) is 0 Å². The van der Waals surface area contributed by atoms with Crippen molar-refractivity contribution in [3.63, 3.8) is 0 Å². The van der Waals surface area contributed by atoms with Crippen LogP contribution >= 0.6 is 0 Å². The van der Waals surface area contributed by atoms with Gasteiger partial charge in [0.25, 0.3) is 0 Å². The number of rotatable bonds is 6. The Morgan fingerprint density at radius 1 is 1.18 bits per heavy atom. The van der Waals surface area contributed by atoms with E-state index in [1.54, 1.807) is 0 Å². The predicted molar refractivity (Wildman–Crippen MR) is 72.5 cm³/mol. The first kappa shape index (κ1) is 13.9. The van der Waals surface area contributed by atoms with Crippen molar-refractivity contribution in [1.82, 2.24) is 4.90 Å². The predicted octanol–water partition coefficient (Wildman–Crippen LogP) is 3.02. The molecule has 2 heteroatoms. The third-order valence-corrected chi connectivity index (χ3v) is 3.10. The van der Waals surface area contributed by atoms with E-state index in [-0.39, 0.29) is 11.7 Å². The zero-order valence-corrected chi connectivity index (χ0v) is 11.4. The third-order valence-electron chi connectivity index (χ3n) is 3.10. The average Bonchev–Trinajstić information content (AvgIpc) is 2.35. The maximum absolute atomic E-state index is 12.3. The lowest BCUT2D eigenvalue weighted by atomic mass is 9.94. The Morgan fingerprint density at radius 3 is 2.18 bits per heavy atom. The standard InChI is InChI=1S/C15H23NO/c1-5-12-7-9-14(10-8-12)15(17)13(6-2)11-16(3)4/h7-10,13H,5-6,11H2,1-4H3. The summed E-state index contributed by atoms with van der Waals surface area (Å²) in [6.45, 7) is 5.02. The fraction of sp³-hybridized carbons (Fsp3) is 0.533. The highest BCUT2D eigenvalue weighted by Gasteiger charge is 2.18. The average molecular weight is 233 g/mol. The smallest absolute Gasteiger partial charge is 0.167 e. The number of aryl methyl sites for hydroxylation is 1. The molecule has 0 fully saturated rings. The van der Waals surface area contributed by atoms with Crippen molar-refractivity contribution in [1.29, 1.82) is 0 Å². The molecule has 1 aromatic carbocycles. The molecule has 0 saturated heterocycles. The molecule has 94 valence electrons. The molecule has 0 aliphatic rings. The highest BCUT2D eigenvalue weighted by atomic mass is 16.1. The van der Waals surface area contributed by atoms with E-state index in [0.29, 0.717) is 0 Å². The van der Waals surface area contributed by atoms with E-state index in [1.807, 2.05) is 26.2 Å². The lowest BCUT2D eigenvalue weighted by Gasteiger charge is -2.18. The Balaban J connectivity index is 2.78. The summed E-state index contributed by atoms with van der Waals surface area (Å²) in [4.78, 5) is 14.4. The molecule has 0 amide bonds. The molecule has 0 aliphatic heterocycles. The van der Waals surface area contributed by atoms with Gasteiger partial charge in [0.15, 0.2) is 5.78 Å². The zero-order valence-electron chi connectivity index (χ0n) is 11.4. The third kappa shape index (κ3) is 3.97. The van der Waals surface area contributed by atoms with Gasteiger partial charge in [-0.05, 0) is 32.5 Å². The Morgan fingerprint density at radius 2 is 1.76 bits per heavy atom.